The van der Waals surface area contributed by atoms with Crippen molar-refractivity contribution in [3.05, 3.63) is 35.4 Å². The highest BCUT2D eigenvalue weighted by Gasteiger charge is 2.23. The number of hydrogen-bond donors (Lipinski definition) is 1. The predicted octanol–water partition coefficient (Wildman–Crippen LogP) is 2.86. The molecule has 1 aliphatic heterocycles. The first-order chi connectivity index (χ1) is 10.1. The molecule has 5 heteroatoms. The van der Waals surface area contributed by atoms with E-state index in [1.165, 1.54) is 6.07 Å². The van der Waals surface area contributed by atoms with Crippen molar-refractivity contribution >= 4 is 0 Å². The van der Waals surface area contributed by atoms with Crippen molar-refractivity contribution in [1.29, 1.82) is 0 Å². The number of ether oxygens (including phenoxy) is 1. The summed E-state index contributed by atoms with van der Waals surface area (Å²) in [6, 6.07) is 2.91. The van der Waals surface area contributed by atoms with Crippen molar-refractivity contribution in [1.82, 2.24) is 4.90 Å². The largest absolute Gasteiger partial charge is 0.377 e. The Morgan fingerprint density at radius 2 is 2.24 bits per heavy atom. The highest BCUT2D eigenvalue weighted by atomic mass is 19.1. The van der Waals surface area contributed by atoms with Crippen molar-refractivity contribution in [2.24, 2.45) is 5.73 Å². The molecule has 0 aliphatic carbocycles. The molecule has 0 amide bonds. The molecule has 0 bridgehead atoms. The SMILES string of the molecule is CCCOC1CCCN(CC(N)c2cc(F)ccc2F)C1. The maximum Gasteiger partial charge on any atom is 0.128 e. The summed E-state index contributed by atoms with van der Waals surface area (Å²) in [5, 5.41) is 0. The van der Waals surface area contributed by atoms with Gasteiger partial charge in [0.25, 0.3) is 0 Å². The minimum atomic E-state index is -0.523. The number of likely N-dealkylation sites (tertiary alicyclic amines) is 1. The second-order valence-electron chi connectivity index (χ2n) is 5.67. The van der Waals surface area contributed by atoms with Crippen molar-refractivity contribution in [2.45, 2.75) is 38.3 Å². The minimum Gasteiger partial charge on any atom is -0.377 e. The van der Waals surface area contributed by atoms with Gasteiger partial charge in [0, 0.05) is 31.3 Å². The second-order valence-corrected chi connectivity index (χ2v) is 5.67. The number of rotatable bonds is 6. The van der Waals surface area contributed by atoms with Gasteiger partial charge in [-0.05, 0) is 44.0 Å². The van der Waals surface area contributed by atoms with Gasteiger partial charge in [0.15, 0.2) is 0 Å². The first kappa shape index (κ1) is 16.3. The molecule has 118 valence electrons. The number of nitrogens with zero attached hydrogens (tertiary/aromatic N) is 1. The molecule has 0 radical (unpaired) electrons. The van der Waals surface area contributed by atoms with Gasteiger partial charge in [-0.15, -0.1) is 0 Å². The highest BCUT2D eigenvalue weighted by Crippen LogP contribution is 2.20. The lowest BCUT2D eigenvalue weighted by molar-refractivity contribution is -0.00145. The van der Waals surface area contributed by atoms with Gasteiger partial charge in [-0.1, -0.05) is 6.92 Å². The fraction of sp³-hybridized carbons (Fsp3) is 0.625. The first-order valence-electron chi connectivity index (χ1n) is 7.64. The molecular formula is C16H24F2N2O. The van der Waals surface area contributed by atoms with Crippen LogP contribution in [0.1, 0.15) is 37.8 Å². The molecular weight excluding hydrogens is 274 g/mol. The van der Waals surface area contributed by atoms with E-state index in [9.17, 15) is 8.78 Å². The Bertz CT molecular complexity index is 456. The lowest BCUT2D eigenvalue weighted by atomic mass is 10.0. The summed E-state index contributed by atoms with van der Waals surface area (Å²) >= 11 is 0. The Morgan fingerprint density at radius 3 is 3.00 bits per heavy atom. The standard InChI is InChI=1S/C16H24F2N2O/c1-2-8-21-13-4-3-7-20(10-13)11-16(19)14-9-12(17)5-6-15(14)18/h5-6,9,13,16H,2-4,7-8,10-11,19H2,1H3. The topological polar surface area (TPSA) is 38.5 Å². The molecule has 1 heterocycles. The van der Waals surface area contributed by atoms with Crippen LogP contribution in [0.4, 0.5) is 8.78 Å². The molecule has 21 heavy (non-hydrogen) atoms. The van der Waals surface area contributed by atoms with Crippen LogP contribution in [0.25, 0.3) is 0 Å². The molecule has 0 aromatic heterocycles. The zero-order valence-corrected chi connectivity index (χ0v) is 12.5. The molecule has 2 rings (SSSR count). The predicted molar refractivity (Wildman–Crippen MR) is 79.0 cm³/mol. The summed E-state index contributed by atoms with van der Waals surface area (Å²) in [5.74, 6) is -0.899. The van der Waals surface area contributed by atoms with Gasteiger partial charge in [0.1, 0.15) is 11.6 Å². The van der Waals surface area contributed by atoms with Crippen molar-refractivity contribution in [3.63, 3.8) is 0 Å². The quantitative estimate of drug-likeness (QED) is 0.877. The summed E-state index contributed by atoms with van der Waals surface area (Å²) in [4.78, 5) is 2.18. The zero-order valence-electron chi connectivity index (χ0n) is 12.5. The summed E-state index contributed by atoms with van der Waals surface area (Å²) in [5.41, 5.74) is 6.29. The third-order valence-corrected chi connectivity index (χ3v) is 3.83. The maximum atomic E-state index is 13.7. The Kier molecular flexibility index (Phi) is 6.08. The number of nitrogens with two attached hydrogens (primary N) is 1. The number of halogens is 2. The van der Waals surface area contributed by atoms with Gasteiger partial charge < -0.3 is 10.5 Å². The van der Waals surface area contributed by atoms with E-state index in [1.54, 1.807) is 0 Å². The maximum absolute atomic E-state index is 13.7. The fourth-order valence-corrected chi connectivity index (χ4v) is 2.77. The molecule has 3 nitrogen and oxygen atoms in total. The summed E-state index contributed by atoms with van der Waals surface area (Å²) in [7, 11) is 0. The van der Waals surface area contributed by atoms with Gasteiger partial charge >= 0.3 is 0 Å². The van der Waals surface area contributed by atoms with Gasteiger partial charge in [0.05, 0.1) is 6.10 Å². The summed E-state index contributed by atoms with van der Waals surface area (Å²) in [6.07, 6.45) is 3.33. The number of benzene rings is 1. The van der Waals surface area contributed by atoms with Gasteiger partial charge in [0.2, 0.25) is 0 Å². The molecule has 1 aromatic carbocycles. The lowest BCUT2D eigenvalue weighted by Gasteiger charge is -2.34. The molecule has 1 fully saturated rings. The first-order valence-corrected chi connectivity index (χ1v) is 7.64. The van der Waals surface area contributed by atoms with Crippen LogP contribution in [0.3, 0.4) is 0 Å². The van der Waals surface area contributed by atoms with Gasteiger partial charge in [-0.25, -0.2) is 8.78 Å². The van der Waals surface area contributed by atoms with E-state index in [-0.39, 0.29) is 11.7 Å². The highest BCUT2D eigenvalue weighted by molar-refractivity contribution is 5.22. The van der Waals surface area contributed by atoms with E-state index in [4.69, 9.17) is 10.5 Å². The van der Waals surface area contributed by atoms with Crippen molar-refractivity contribution in [2.75, 3.05) is 26.2 Å². The molecule has 2 atom stereocenters. The average molecular weight is 298 g/mol. The van der Waals surface area contributed by atoms with Crippen LogP contribution in [0, 0.1) is 11.6 Å². The van der Waals surface area contributed by atoms with E-state index in [1.807, 2.05) is 0 Å². The number of piperidine rings is 1. The van der Waals surface area contributed by atoms with Crippen LogP contribution < -0.4 is 5.73 Å². The summed E-state index contributed by atoms with van der Waals surface area (Å²) in [6.45, 7) is 5.11. The number of hydrogen-bond acceptors (Lipinski definition) is 3. The van der Waals surface area contributed by atoms with Crippen LogP contribution in [0.5, 0.6) is 0 Å². The van der Waals surface area contributed by atoms with E-state index < -0.39 is 17.7 Å². The minimum absolute atomic E-state index is 0.225. The van der Waals surface area contributed by atoms with Crippen LogP contribution in [-0.2, 0) is 4.74 Å². The molecule has 2 unspecified atom stereocenters. The monoisotopic (exact) mass is 298 g/mol. The Morgan fingerprint density at radius 1 is 1.43 bits per heavy atom. The van der Waals surface area contributed by atoms with E-state index in [0.717, 1.165) is 51.1 Å². The van der Waals surface area contributed by atoms with Crippen LogP contribution in [0.2, 0.25) is 0 Å². The third-order valence-electron chi connectivity index (χ3n) is 3.83. The smallest absolute Gasteiger partial charge is 0.128 e. The Labute approximate surface area is 125 Å². The second kappa shape index (κ2) is 7.82. The van der Waals surface area contributed by atoms with Crippen LogP contribution in [-0.4, -0.2) is 37.2 Å². The van der Waals surface area contributed by atoms with Crippen LogP contribution in [0.15, 0.2) is 18.2 Å². The molecule has 1 aliphatic rings. The van der Waals surface area contributed by atoms with E-state index in [0.29, 0.717) is 6.54 Å². The third kappa shape index (κ3) is 4.73. The lowest BCUT2D eigenvalue weighted by Crippen LogP contribution is -2.43. The van der Waals surface area contributed by atoms with E-state index in [2.05, 4.69) is 11.8 Å². The van der Waals surface area contributed by atoms with Crippen molar-refractivity contribution < 1.29 is 13.5 Å². The zero-order chi connectivity index (χ0) is 15.2. The average Bonchev–Trinajstić information content (AvgIpc) is 2.48. The Hall–Kier alpha value is -1.04. The molecule has 1 saturated heterocycles. The normalized spacial score (nSPS) is 21.4. The van der Waals surface area contributed by atoms with Crippen LogP contribution >= 0.6 is 0 Å². The van der Waals surface area contributed by atoms with Crippen molar-refractivity contribution in [3.8, 4) is 0 Å². The molecule has 1 aromatic rings. The van der Waals surface area contributed by atoms with Gasteiger partial charge in [-0.3, -0.25) is 4.90 Å². The molecule has 2 N–H and O–H groups in total. The molecule has 0 saturated carbocycles. The Balaban J connectivity index is 1.92. The fourth-order valence-electron chi connectivity index (χ4n) is 2.77. The van der Waals surface area contributed by atoms with E-state index >= 15 is 0 Å². The molecule has 0 spiro atoms. The van der Waals surface area contributed by atoms with Gasteiger partial charge in [-0.2, -0.15) is 0 Å². The summed E-state index contributed by atoms with van der Waals surface area (Å²) < 4.78 is 32.7.